The Hall–Kier alpha value is -6.11. The number of anilines is 5. The Morgan fingerprint density at radius 2 is 1.27 bits per heavy atom. The zero-order valence-electron chi connectivity index (χ0n) is 46.6. The number of benzene rings is 5. The van der Waals surface area contributed by atoms with Crippen molar-refractivity contribution in [3.63, 3.8) is 0 Å². The minimum atomic E-state index is -0.244. The standard InChI is InChI=1S/C61H76N6O9S2/c1-9-19-62-58(68)18-26-77-78-61(3,4)40-65(20-21-73-24-25-74-23-22-71-7)46-29-42(38-75-55-34-53-49(27-41(55)2)59(69)66-47(36-63(53)5)31-44-14-10-12-16-51(44)66)28-43(30-46)39-76-57-35-54-50(33-56(57)72-8)60(70)67-48(37-64(54)6)32-45-15-11-13-17-52(45)67/h10-17,27-30,33-35,47-48H,9,18-26,31-32,36-40H2,1-8H3,(H,62,68)/t47-,48-/m0/s1. The van der Waals surface area contributed by atoms with E-state index in [1.807, 2.05) is 84.4 Å². The van der Waals surface area contributed by atoms with Gasteiger partial charge in [-0.25, -0.2) is 0 Å². The molecular formula is C61H76N6O9S2. The lowest BCUT2D eigenvalue weighted by atomic mass is 10.1. The maximum atomic E-state index is 14.4. The van der Waals surface area contributed by atoms with Gasteiger partial charge in [-0.1, -0.05) is 64.9 Å². The predicted octanol–water partition coefficient (Wildman–Crippen LogP) is 9.77. The van der Waals surface area contributed by atoms with Crippen molar-refractivity contribution >= 4 is 67.7 Å². The Morgan fingerprint density at radius 3 is 1.87 bits per heavy atom. The number of ether oxygens (including phenoxy) is 6. The van der Waals surface area contributed by atoms with E-state index in [2.05, 4.69) is 78.2 Å². The molecule has 4 heterocycles. The summed E-state index contributed by atoms with van der Waals surface area (Å²) in [4.78, 5) is 51.9. The molecule has 0 saturated heterocycles. The summed E-state index contributed by atoms with van der Waals surface area (Å²) in [5.41, 5.74) is 10.9. The second-order valence-corrected chi connectivity index (χ2v) is 24.4. The molecule has 0 saturated carbocycles. The fourth-order valence-corrected chi connectivity index (χ4v) is 13.5. The van der Waals surface area contributed by atoms with Crippen LogP contribution in [0.2, 0.25) is 0 Å². The van der Waals surface area contributed by atoms with Crippen LogP contribution in [0.1, 0.15) is 82.1 Å². The minimum Gasteiger partial charge on any atom is -0.493 e. The molecule has 0 unspecified atom stereocenters. The van der Waals surface area contributed by atoms with Gasteiger partial charge in [0.2, 0.25) is 5.91 Å². The predicted molar refractivity (Wildman–Crippen MR) is 315 cm³/mol. The van der Waals surface area contributed by atoms with E-state index < -0.39 is 0 Å². The fraction of sp³-hybridized carbons (Fsp3) is 0.459. The number of fused-ring (bicyclic) bond motifs is 8. The molecule has 1 N–H and O–H groups in total. The highest BCUT2D eigenvalue weighted by Gasteiger charge is 2.41. The third-order valence-corrected chi connectivity index (χ3v) is 18.0. The second-order valence-electron chi connectivity index (χ2n) is 21.2. The Bertz CT molecular complexity index is 2940. The first kappa shape index (κ1) is 56.6. The number of likely N-dealkylation sites (N-methyl/N-ethyl adjacent to an activating group) is 2. The third kappa shape index (κ3) is 13.1. The molecule has 78 heavy (non-hydrogen) atoms. The van der Waals surface area contributed by atoms with Crippen LogP contribution in [0.5, 0.6) is 17.2 Å². The zero-order chi connectivity index (χ0) is 54.9. The quantitative estimate of drug-likeness (QED) is 0.0416. The lowest BCUT2D eigenvalue weighted by Crippen LogP contribution is -2.41. The van der Waals surface area contributed by atoms with Gasteiger partial charge in [-0.3, -0.25) is 14.4 Å². The number of methoxy groups -OCH3 is 2. The molecule has 9 rings (SSSR count). The summed E-state index contributed by atoms with van der Waals surface area (Å²) in [5.74, 6) is 2.42. The van der Waals surface area contributed by atoms with E-state index in [0.29, 0.717) is 106 Å². The van der Waals surface area contributed by atoms with Crippen LogP contribution in [0.25, 0.3) is 0 Å². The van der Waals surface area contributed by atoms with Crippen molar-refractivity contribution in [2.45, 2.75) is 83.4 Å². The lowest BCUT2D eigenvalue weighted by molar-refractivity contribution is -0.120. The molecule has 3 amide bonds. The maximum absolute atomic E-state index is 14.4. The van der Waals surface area contributed by atoms with Gasteiger partial charge in [-0.15, -0.1) is 0 Å². The van der Waals surface area contributed by atoms with Crippen molar-refractivity contribution in [3.05, 3.63) is 130 Å². The molecule has 17 heteroatoms. The van der Waals surface area contributed by atoms with E-state index in [-0.39, 0.29) is 47.8 Å². The van der Waals surface area contributed by atoms with E-state index in [9.17, 15) is 14.4 Å². The highest BCUT2D eigenvalue weighted by molar-refractivity contribution is 8.77. The molecule has 2 atom stereocenters. The maximum Gasteiger partial charge on any atom is 0.260 e. The molecule has 416 valence electrons. The number of carbonyl (C=O) groups excluding carboxylic acids is 3. The summed E-state index contributed by atoms with van der Waals surface area (Å²) < 4.78 is 36.3. The molecule has 0 radical (unpaired) electrons. The highest BCUT2D eigenvalue weighted by atomic mass is 33.1. The number of nitrogens with one attached hydrogen (secondary N) is 1. The first-order valence-electron chi connectivity index (χ1n) is 27.2. The first-order chi connectivity index (χ1) is 37.7. The zero-order valence-corrected chi connectivity index (χ0v) is 48.2. The lowest BCUT2D eigenvalue weighted by Gasteiger charge is -2.34. The second kappa shape index (κ2) is 25.8. The normalized spacial score (nSPS) is 16.4. The number of carbonyl (C=O) groups is 3. The number of aryl methyl sites for hydroxylation is 1. The van der Waals surface area contributed by atoms with Crippen molar-refractivity contribution in [3.8, 4) is 17.2 Å². The van der Waals surface area contributed by atoms with E-state index in [1.165, 1.54) is 11.1 Å². The molecule has 0 aromatic heterocycles. The van der Waals surface area contributed by atoms with Crippen LogP contribution in [-0.2, 0) is 45.1 Å². The van der Waals surface area contributed by atoms with Crippen LogP contribution in [0.4, 0.5) is 28.4 Å². The van der Waals surface area contributed by atoms with Gasteiger partial charge < -0.3 is 58.2 Å². The number of amides is 3. The molecule has 0 aliphatic carbocycles. The molecule has 5 aromatic carbocycles. The largest absolute Gasteiger partial charge is 0.493 e. The third-order valence-electron chi connectivity index (χ3n) is 14.8. The van der Waals surface area contributed by atoms with E-state index in [0.717, 1.165) is 64.4 Å². The molecule has 5 aromatic rings. The molecule has 0 bridgehead atoms. The SMILES string of the molecule is CCCNC(=O)CCSSC(C)(C)CN(CCOCCOCCOC)c1cc(COc2cc3c(cc2C)C(=O)N2c4ccccc4C[C@H]2CN3C)cc(COc2cc3c(cc2OC)C(=O)N2c4ccccc4C[C@H]2CN3C)c1. The highest BCUT2D eigenvalue weighted by Crippen LogP contribution is 2.44. The Labute approximate surface area is 468 Å². The Kier molecular flexibility index (Phi) is 18.7. The van der Waals surface area contributed by atoms with Crippen LogP contribution in [-0.4, -0.2) is 134 Å². The average molecular weight is 1100 g/mol. The number of hydrogen-bond donors (Lipinski definition) is 1. The van der Waals surface area contributed by atoms with Crippen molar-refractivity contribution in [2.75, 3.05) is 124 Å². The van der Waals surface area contributed by atoms with E-state index >= 15 is 0 Å². The molecule has 0 fully saturated rings. The molecule has 15 nitrogen and oxygen atoms in total. The number of para-hydroxylation sites is 2. The first-order valence-corrected chi connectivity index (χ1v) is 29.5. The van der Waals surface area contributed by atoms with Crippen LogP contribution in [0.3, 0.4) is 0 Å². The van der Waals surface area contributed by atoms with Gasteiger partial charge in [-0.2, -0.15) is 0 Å². The summed E-state index contributed by atoms with van der Waals surface area (Å²) >= 11 is 0. The van der Waals surface area contributed by atoms with Crippen LogP contribution >= 0.6 is 21.6 Å². The van der Waals surface area contributed by atoms with E-state index in [1.54, 1.807) is 35.8 Å². The number of rotatable bonds is 26. The molecular weight excluding hydrogens is 1020 g/mol. The summed E-state index contributed by atoms with van der Waals surface area (Å²) in [6.45, 7) is 14.6. The Balaban J connectivity index is 1.00. The summed E-state index contributed by atoms with van der Waals surface area (Å²) in [6, 6.07) is 30.6. The topological polar surface area (TPSA) is 135 Å². The van der Waals surface area contributed by atoms with Crippen molar-refractivity contribution in [1.82, 2.24) is 5.32 Å². The van der Waals surface area contributed by atoms with Gasteiger partial charge >= 0.3 is 0 Å². The van der Waals surface area contributed by atoms with Gasteiger partial charge in [0.25, 0.3) is 11.8 Å². The number of nitrogens with zero attached hydrogens (tertiary/aromatic N) is 5. The van der Waals surface area contributed by atoms with Crippen molar-refractivity contribution < 1.29 is 42.8 Å². The van der Waals surface area contributed by atoms with Gasteiger partial charge in [0, 0.05) is 100 Å². The monoisotopic (exact) mass is 1100 g/mol. The van der Waals surface area contributed by atoms with Crippen molar-refractivity contribution in [1.29, 1.82) is 0 Å². The summed E-state index contributed by atoms with van der Waals surface area (Å²) in [5, 5.41) is 2.99. The van der Waals surface area contributed by atoms with E-state index in [4.69, 9.17) is 28.4 Å². The summed E-state index contributed by atoms with van der Waals surface area (Å²) in [6.07, 6.45) is 2.97. The number of hydrogen-bond acceptors (Lipinski definition) is 14. The smallest absolute Gasteiger partial charge is 0.260 e. The average Bonchev–Trinajstić information content (AvgIpc) is 4.17. The fourth-order valence-electron chi connectivity index (χ4n) is 11.0. The van der Waals surface area contributed by atoms with Crippen LogP contribution in [0.15, 0.2) is 91.0 Å². The van der Waals surface area contributed by atoms with Crippen molar-refractivity contribution in [2.24, 2.45) is 0 Å². The van der Waals surface area contributed by atoms with Gasteiger partial charge in [0.1, 0.15) is 19.0 Å². The minimum absolute atomic E-state index is 0.00139. The molecule has 0 spiro atoms. The van der Waals surface area contributed by atoms with Gasteiger partial charge in [0.15, 0.2) is 11.5 Å². The van der Waals surface area contributed by atoms with Crippen LogP contribution in [0, 0.1) is 6.92 Å². The van der Waals surface area contributed by atoms with Gasteiger partial charge in [-0.05, 0) is 110 Å². The molecule has 4 aliphatic heterocycles. The van der Waals surface area contributed by atoms with Crippen LogP contribution < -0.4 is 44.0 Å². The van der Waals surface area contributed by atoms with Gasteiger partial charge in [0.05, 0.1) is 74.7 Å². The summed E-state index contributed by atoms with van der Waals surface area (Å²) in [7, 11) is 10.8. The molecule has 4 aliphatic rings. The Morgan fingerprint density at radius 1 is 0.705 bits per heavy atom.